The minimum atomic E-state index is 0.132. The van der Waals surface area contributed by atoms with Crippen LogP contribution in [0.2, 0.25) is 0 Å². The fourth-order valence-corrected chi connectivity index (χ4v) is 7.48. The zero-order valence-electron chi connectivity index (χ0n) is 28.4. The summed E-state index contributed by atoms with van der Waals surface area (Å²) < 4.78 is 0. The topological polar surface area (TPSA) is 78.7 Å². The van der Waals surface area contributed by atoms with Crippen LogP contribution in [0.4, 0.5) is 0 Å². The number of piperazine rings is 2. The van der Waals surface area contributed by atoms with Crippen LogP contribution in [-0.4, -0.2) is 108 Å². The first-order valence-electron chi connectivity index (χ1n) is 17.6. The van der Waals surface area contributed by atoms with E-state index in [0.29, 0.717) is 5.92 Å². The number of aromatic nitrogens is 2. The molecule has 250 valence electrons. The van der Waals surface area contributed by atoms with Crippen LogP contribution in [0.3, 0.4) is 0 Å². The van der Waals surface area contributed by atoms with Gasteiger partial charge in [-0.15, -0.1) is 0 Å². The number of fused-ring (bicyclic) bond motifs is 2. The molecule has 2 aliphatic carbocycles. The average Bonchev–Trinajstić information content (AvgIpc) is 3.77. The molecule has 4 aliphatic rings. The van der Waals surface area contributed by atoms with Crippen LogP contribution < -0.4 is 0 Å². The lowest BCUT2D eigenvalue weighted by Crippen LogP contribution is -2.47. The molecule has 1 unspecified atom stereocenters. The molecule has 4 aromatic rings. The quantitative estimate of drug-likeness (QED) is 0.305. The van der Waals surface area contributed by atoms with Crippen molar-refractivity contribution >= 4 is 23.5 Å². The van der Waals surface area contributed by atoms with Gasteiger partial charge in [-0.3, -0.25) is 9.59 Å². The van der Waals surface area contributed by atoms with Crippen molar-refractivity contribution in [2.75, 3.05) is 66.5 Å². The van der Waals surface area contributed by atoms with E-state index in [-0.39, 0.29) is 11.8 Å². The lowest BCUT2D eigenvalue weighted by Gasteiger charge is -2.32. The number of amides is 2. The zero-order valence-corrected chi connectivity index (χ0v) is 28.4. The molecule has 0 spiro atoms. The fraction of sp³-hybridized carbons (Fsp3) is 0.400. The van der Waals surface area contributed by atoms with Crippen LogP contribution in [0.5, 0.6) is 0 Å². The normalized spacial score (nSPS) is 19.9. The van der Waals surface area contributed by atoms with E-state index in [1.807, 2.05) is 21.9 Å². The van der Waals surface area contributed by atoms with Gasteiger partial charge in [0, 0.05) is 63.7 Å². The van der Waals surface area contributed by atoms with Crippen LogP contribution >= 0.6 is 0 Å². The Morgan fingerprint density at radius 1 is 0.646 bits per heavy atom. The lowest BCUT2D eigenvalue weighted by atomic mass is 9.83. The lowest BCUT2D eigenvalue weighted by molar-refractivity contribution is 0.0652. The number of nitrogens with one attached hydrogen (secondary N) is 2. The molecule has 8 heteroatoms. The van der Waals surface area contributed by atoms with Gasteiger partial charge in [0.1, 0.15) is 11.4 Å². The number of carbonyl (C=O) groups excluding carboxylic acids is 2. The molecule has 2 saturated heterocycles. The number of carbonyl (C=O) groups is 2. The minimum Gasteiger partial charge on any atom is -0.354 e. The highest BCUT2D eigenvalue weighted by Gasteiger charge is 2.27. The van der Waals surface area contributed by atoms with Gasteiger partial charge in [0.15, 0.2) is 0 Å². The van der Waals surface area contributed by atoms with Gasteiger partial charge in [0.2, 0.25) is 0 Å². The number of rotatable bonds is 4. The molecular weight excluding hydrogens is 596 g/mol. The van der Waals surface area contributed by atoms with Gasteiger partial charge >= 0.3 is 0 Å². The van der Waals surface area contributed by atoms with Crippen LogP contribution in [-0.2, 0) is 19.3 Å². The molecule has 8 rings (SSSR count). The highest BCUT2D eigenvalue weighted by Crippen LogP contribution is 2.33. The fourth-order valence-electron chi connectivity index (χ4n) is 7.48. The molecule has 8 nitrogen and oxygen atoms in total. The predicted octanol–water partition coefficient (Wildman–Crippen LogP) is 5.56. The van der Waals surface area contributed by atoms with E-state index >= 15 is 0 Å². The highest BCUT2D eigenvalue weighted by molar-refractivity contribution is 5.95. The number of allylic oxidation sites excluding steroid dienone is 1. The molecule has 4 heterocycles. The number of H-pyrrole nitrogens is 2. The summed E-state index contributed by atoms with van der Waals surface area (Å²) in [5.74, 6) is 0.863. The van der Waals surface area contributed by atoms with Crippen molar-refractivity contribution in [2.45, 2.75) is 38.0 Å². The Bertz CT molecular complexity index is 1740. The molecule has 0 saturated carbocycles. The summed E-state index contributed by atoms with van der Waals surface area (Å²) >= 11 is 0. The van der Waals surface area contributed by atoms with Crippen LogP contribution in [0, 0.1) is 0 Å². The third-order valence-electron chi connectivity index (χ3n) is 10.6. The summed E-state index contributed by atoms with van der Waals surface area (Å²) in [5, 5.41) is 0. The molecule has 48 heavy (non-hydrogen) atoms. The Labute approximate surface area is 284 Å². The maximum Gasteiger partial charge on any atom is 0.270 e. The summed E-state index contributed by atoms with van der Waals surface area (Å²) in [6.07, 6.45) is 7.42. The number of hydrogen-bond donors (Lipinski definition) is 2. The summed E-state index contributed by atoms with van der Waals surface area (Å²) in [7, 11) is 4.21. The summed E-state index contributed by atoms with van der Waals surface area (Å²) in [6.45, 7) is 7.09. The molecule has 1 atom stereocenters. The van der Waals surface area contributed by atoms with Crippen molar-refractivity contribution in [3.63, 3.8) is 0 Å². The molecule has 2 aliphatic heterocycles. The van der Waals surface area contributed by atoms with Gasteiger partial charge in [0.05, 0.1) is 0 Å². The first kappa shape index (κ1) is 32.2. The van der Waals surface area contributed by atoms with Crippen LogP contribution in [0.15, 0.2) is 72.8 Å². The Balaban J connectivity index is 0.000000152. The predicted molar refractivity (Wildman–Crippen MR) is 192 cm³/mol. The Morgan fingerprint density at radius 3 is 1.83 bits per heavy atom. The van der Waals surface area contributed by atoms with Gasteiger partial charge in [-0.2, -0.15) is 0 Å². The molecule has 2 aromatic heterocycles. The van der Waals surface area contributed by atoms with Crippen molar-refractivity contribution in [3.05, 3.63) is 118 Å². The Hall–Kier alpha value is -4.40. The van der Waals surface area contributed by atoms with Gasteiger partial charge in [0.25, 0.3) is 11.8 Å². The number of benzene rings is 2. The molecule has 2 fully saturated rings. The van der Waals surface area contributed by atoms with E-state index in [0.717, 1.165) is 101 Å². The second-order valence-electron chi connectivity index (χ2n) is 13.9. The van der Waals surface area contributed by atoms with Crippen molar-refractivity contribution in [1.82, 2.24) is 29.6 Å². The van der Waals surface area contributed by atoms with E-state index in [2.05, 4.69) is 101 Å². The third-order valence-corrected chi connectivity index (χ3v) is 10.6. The summed E-state index contributed by atoms with van der Waals surface area (Å²) in [5.41, 5.74) is 10.5. The van der Waals surface area contributed by atoms with Crippen molar-refractivity contribution in [2.24, 2.45) is 0 Å². The van der Waals surface area contributed by atoms with E-state index in [9.17, 15) is 9.59 Å². The number of aromatic amines is 2. The van der Waals surface area contributed by atoms with E-state index in [1.54, 1.807) is 0 Å². The maximum absolute atomic E-state index is 12.8. The SMILES string of the molecule is CN1CCN(C(=O)c2cc3c([nH]2)CCC(c2ccccc2)=C3)CC1.CN1CCN(C(=O)c2cc3c([nH]2)CCC(c2ccccc2)C3)CC1. The molecule has 2 aromatic carbocycles. The standard InChI is InChI=1S/C20H25N3O.C20H23N3O/c2*1-22-9-11-23(12-10-22)20(24)19-14-17-13-16(7-8-18(17)21-19)15-5-3-2-4-6-15/h2-6,14,16,21H,7-13H2,1H3;2-6,13-14,21H,7-12H2,1H3. The second kappa shape index (κ2) is 14.4. The number of hydrogen-bond acceptors (Lipinski definition) is 4. The van der Waals surface area contributed by atoms with E-state index in [4.69, 9.17) is 0 Å². The van der Waals surface area contributed by atoms with Gasteiger partial charge in [-0.1, -0.05) is 60.7 Å². The van der Waals surface area contributed by atoms with E-state index < -0.39 is 0 Å². The first-order chi connectivity index (χ1) is 23.4. The van der Waals surface area contributed by atoms with E-state index in [1.165, 1.54) is 33.7 Å². The van der Waals surface area contributed by atoms with Crippen LogP contribution in [0.1, 0.15) is 73.4 Å². The van der Waals surface area contributed by atoms with Gasteiger partial charge < -0.3 is 29.6 Å². The van der Waals surface area contributed by atoms with Crippen molar-refractivity contribution in [1.29, 1.82) is 0 Å². The van der Waals surface area contributed by atoms with Crippen molar-refractivity contribution < 1.29 is 9.59 Å². The van der Waals surface area contributed by atoms with Gasteiger partial charge in [-0.05, 0) is 98.2 Å². The molecule has 0 bridgehead atoms. The number of nitrogens with zero attached hydrogens (tertiary/aromatic N) is 4. The molecule has 0 radical (unpaired) electrons. The number of aryl methyl sites for hydroxylation is 2. The monoisotopic (exact) mass is 644 g/mol. The molecule has 2 amide bonds. The second-order valence-corrected chi connectivity index (χ2v) is 13.9. The van der Waals surface area contributed by atoms with Crippen molar-refractivity contribution in [3.8, 4) is 0 Å². The molecular formula is C40H48N6O2. The smallest absolute Gasteiger partial charge is 0.270 e. The Kier molecular flexibility index (Phi) is 9.64. The largest absolute Gasteiger partial charge is 0.354 e. The summed E-state index contributed by atoms with van der Waals surface area (Å²) in [4.78, 5) is 40.7. The Morgan fingerprint density at radius 2 is 1.21 bits per heavy atom. The average molecular weight is 645 g/mol. The number of likely N-dealkylation sites (N-methyl/N-ethyl adjacent to an activating group) is 2. The molecule has 2 N–H and O–H groups in total. The first-order valence-corrected chi connectivity index (χ1v) is 17.6. The maximum atomic E-state index is 12.8. The van der Waals surface area contributed by atoms with Crippen LogP contribution in [0.25, 0.3) is 11.6 Å². The minimum absolute atomic E-state index is 0.132. The highest BCUT2D eigenvalue weighted by atomic mass is 16.2. The van der Waals surface area contributed by atoms with Gasteiger partial charge in [-0.25, -0.2) is 0 Å². The zero-order chi connectivity index (χ0) is 33.0. The summed E-state index contributed by atoms with van der Waals surface area (Å²) in [6, 6.07) is 25.4. The third kappa shape index (κ3) is 7.20.